The molecule has 7 nitrogen and oxygen atoms in total. The molecule has 2 aromatic rings. The molecule has 174 valence electrons. The normalized spacial score (nSPS) is 15.2. The number of methoxy groups -OCH3 is 1. The first-order valence-electron chi connectivity index (χ1n) is 10.1. The molecule has 10 heteroatoms. The highest BCUT2D eigenvalue weighted by Gasteiger charge is 2.28. The Balaban J connectivity index is 1.85. The number of carbonyl (C=O) groups is 1. The first-order valence-corrected chi connectivity index (χ1v) is 12.7. The van der Waals surface area contributed by atoms with Gasteiger partial charge >= 0.3 is 0 Å². The van der Waals surface area contributed by atoms with Gasteiger partial charge in [0.2, 0.25) is 10.0 Å². The fourth-order valence-electron chi connectivity index (χ4n) is 3.53. The highest BCUT2D eigenvalue weighted by atomic mass is 35.5. The van der Waals surface area contributed by atoms with Crippen molar-refractivity contribution in [1.29, 1.82) is 0 Å². The molecule has 0 aliphatic carbocycles. The molecule has 0 radical (unpaired) electrons. The second kappa shape index (κ2) is 9.87. The van der Waals surface area contributed by atoms with E-state index in [9.17, 15) is 13.2 Å². The number of hydrogen-bond acceptors (Lipinski definition) is 5. The minimum absolute atomic E-state index is 0.106. The van der Waals surface area contributed by atoms with Crippen LogP contribution in [0.2, 0.25) is 10.0 Å². The van der Waals surface area contributed by atoms with Crippen LogP contribution >= 0.6 is 23.2 Å². The first kappa shape index (κ1) is 24.6. The van der Waals surface area contributed by atoms with E-state index in [0.717, 1.165) is 17.6 Å². The quantitative estimate of drug-likeness (QED) is 0.577. The van der Waals surface area contributed by atoms with Gasteiger partial charge in [0.1, 0.15) is 11.5 Å². The molecule has 0 spiro atoms. The van der Waals surface area contributed by atoms with Crippen LogP contribution in [0.25, 0.3) is 0 Å². The summed E-state index contributed by atoms with van der Waals surface area (Å²) in [6.45, 7) is 5.12. The van der Waals surface area contributed by atoms with E-state index >= 15 is 0 Å². The summed E-state index contributed by atoms with van der Waals surface area (Å²) in [6, 6.07) is 8.53. The number of rotatable bonds is 6. The zero-order valence-corrected chi connectivity index (χ0v) is 20.7. The second-order valence-electron chi connectivity index (χ2n) is 7.85. The first-order chi connectivity index (χ1) is 15.0. The van der Waals surface area contributed by atoms with Crippen LogP contribution in [0.4, 0.5) is 0 Å². The SMILES string of the molecule is COc1ccc(Oc2c(Cl)ccc(C(=O)N3CCN(S(C)(=O)=O)CC3)c2Cl)cc1C(C)C. The van der Waals surface area contributed by atoms with Gasteiger partial charge in [-0.25, -0.2) is 8.42 Å². The average Bonchev–Trinajstić information content (AvgIpc) is 2.75. The Morgan fingerprint density at radius 1 is 1.06 bits per heavy atom. The van der Waals surface area contributed by atoms with E-state index in [0.29, 0.717) is 5.75 Å². The van der Waals surface area contributed by atoms with Crippen molar-refractivity contribution < 1.29 is 22.7 Å². The largest absolute Gasteiger partial charge is 0.496 e. The van der Waals surface area contributed by atoms with Crippen molar-refractivity contribution in [3.8, 4) is 17.2 Å². The summed E-state index contributed by atoms with van der Waals surface area (Å²) in [6.07, 6.45) is 1.16. The van der Waals surface area contributed by atoms with Crippen LogP contribution in [-0.4, -0.2) is 63.1 Å². The van der Waals surface area contributed by atoms with Crippen molar-refractivity contribution in [2.45, 2.75) is 19.8 Å². The van der Waals surface area contributed by atoms with Gasteiger partial charge in [0, 0.05) is 31.7 Å². The van der Waals surface area contributed by atoms with Crippen LogP contribution in [0.15, 0.2) is 30.3 Å². The van der Waals surface area contributed by atoms with Crippen molar-refractivity contribution in [1.82, 2.24) is 9.21 Å². The van der Waals surface area contributed by atoms with Crippen LogP contribution in [0.1, 0.15) is 35.7 Å². The van der Waals surface area contributed by atoms with Crippen LogP contribution in [0.3, 0.4) is 0 Å². The van der Waals surface area contributed by atoms with Crippen molar-refractivity contribution in [3.63, 3.8) is 0 Å². The average molecular weight is 501 g/mol. The number of sulfonamides is 1. The van der Waals surface area contributed by atoms with Gasteiger partial charge in [-0.1, -0.05) is 37.0 Å². The predicted molar refractivity (Wildman–Crippen MR) is 126 cm³/mol. The van der Waals surface area contributed by atoms with Crippen molar-refractivity contribution in [2.24, 2.45) is 0 Å². The van der Waals surface area contributed by atoms with Crippen molar-refractivity contribution in [2.75, 3.05) is 39.5 Å². The van der Waals surface area contributed by atoms with E-state index in [2.05, 4.69) is 0 Å². The zero-order chi connectivity index (χ0) is 23.6. The lowest BCUT2D eigenvalue weighted by molar-refractivity contribution is 0.0698. The van der Waals surface area contributed by atoms with Gasteiger partial charge in [-0.15, -0.1) is 0 Å². The molecule has 32 heavy (non-hydrogen) atoms. The zero-order valence-electron chi connectivity index (χ0n) is 18.4. The summed E-state index contributed by atoms with van der Waals surface area (Å²) < 4.78 is 36.2. The molecule has 1 heterocycles. The molecule has 0 saturated carbocycles. The molecule has 2 aromatic carbocycles. The van der Waals surface area contributed by atoms with Crippen LogP contribution in [0.5, 0.6) is 17.2 Å². The molecule has 0 aromatic heterocycles. The van der Waals surface area contributed by atoms with Gasteiger partial charge in [-0.2, -0.15) is 4.31 Å². The third-order valence-corrected chi connectivity index (χ3v) is 7.29. The molecule has 0 unspecified atom stereocenters. The predicted octanol–water partition coefficient (Wildman–Crippen LogP) is 4.64. The number of hydrogen-bond donors (Lipinski definition) is 0. The summed E-state index contributed by atoms with van der Waals surface area (Å²) in [7, 11) is -1.68. The summed E-state index contributed by atoms with van der Waals surface area (Å²) in [5.74, 6) is 1.36. The van der Waals surface area contributed by atoms with E-state index in [-0.39, 0.29) is 59.4 Å². The number of nitrogens with zero attached hydrogens (tertiary/aromatic N) is 2. The monoisotopic (exact) mass is 500 g/mol. The summed E-state index contributed by atoms with van der Waals surface area (Å²) >= 11 is 12.9. The Hall–Kier alpha value is -2.00. The summed E-state index contributed by atoms with van der Waals surface area (Å²) in [5, 5.41) is 0.380. The maximum absolute atomic E-state index is 13.1. The fourth-order valence-corrected chi connectivity index (χ4v) is 4.88. The number of piperazine rings is 1. The van der Waals surface area contributed by atoms with Crippen LogP contribution in [0, 0.1) is 0 Å². The summed E-state index contributed by atoms with van der Waals surface area (Å²) in [4.78, 5) is 14.7. The molecule has 1 saturated heterocycles. The molecule has 1 fully saturated rings. The van der Waals surface area contributed by atoms with E-state index < -0.39 is 10.0 Å². The Morgan fingerprint density at radius 3 is 2.28 bits per heavy atom. The van der Waals surface area contributed by atoms with Crippen molar-refractivity contribution >= 4 is 39.1 Å². The Kier molecular flexibility index (Phi) is 7.60. The Labute approximate surface area is 198 Å². The van der Waals surface area contributed by atoms with E-state index in [4.69, 9.17) is 32.7 Å². The molecule has 1 amide bonds. The molecule has 0 bridgehead atoms. The van der Waals surface area contributed by atoms with Crippen molar-refractivity contribution in [3.05, 3.63) is 51.5 Å². The van der Waals surface area contributed by atoms with Gasteiger partial charge in [0.05, 0.1) is 29.0 Å². The smallest absolute Gasteiger partial charge is 0.255 e. The number of carbonyl (C=O) groups excluding carboxylic acids is 1. The van der Waals surface area contributed by atoms with Gasteiger partial charge in [-0.3, -0.25) is 4.79 Å². The van der Waals surface area contributed by atoms with E-state index in [1.54, 1.807) is 30.2 Å². The lowest BCUT2D eigenvalue weighted by Gasteiger charge is -2.33. The molecular formula is C22H26Cl2N2O5S. The molecule has 1 aliphatic rings. The van der Waals surface area contributed by atoms with E-state index in [1.807, 2.05) is 26.0 Å². The summed E-state index contributed by atoms with van der Waals surface area (Å²) in [5.41, 5.74) is 1.21. The maximum Gasteiger partial charge on any atom is 0.255 e. The number of halogens is 2. The standard InChI is InChI=1S/C22H26Cl2N2O5S/c1-14(2)17-13-15(5-8-19(17)30-3)31-21-18(23)7-6-16(20(21)24)22(27)25-9-11-26(12-10-25)32(4,28)29/h5-8,13-14H,9-12H2,1-4H3. The van der Waals surface area contributed by atoms with Crippen LogP contribution in [-0.2, 0) is 10.0 Å². The van der Waals surface area contributed by atoms with Gasteiger partial charge in [0.25, 0.3) is 5.91 Å². The minimum Gasteiger partial charge on any atom is -0.496 e. The second-order valence-corrected chi connectivity index (χ2v) is 10.6. The van der Waals surface area contributed by atoms with Gasteiger partial charge in [-0.05, 0) is 36.2 Å². The van der Waals surface area contributed by atoms with Gasteiger partial charge < -0.3 is 14.4 Å². The Bertz CT molecular complexity index is 1110. The van der Waals surface area contributed by atoms with Crippen LogP contribution < -0.4 is 9.47 Å². The molecule has 3 rings (SSSR count). The highest BCUT2D eigenvalue weighted by Crippen LogP contribution is 2.40. The topological polar surface area (TPSA) is 76.2 Å². The molecule has 1 aliphatic heterocycles. The third-order valence-electron chi connectivity index (χ3n) is 5.32. The fraction of sp³-hybridized carbons (Fsp3) is 0.409. The lowest BCUT2D eigenvalue weighted by Crippen LogP contribution is -2.50. The number of ether oxygens (including phenoxy) is 2. The lowest BCUT2D eigenvalue weighted by atomic mass is 10.0. The molecule has 0 atom stereocenters. The Morgan fingerprint density at radius 2 is 1.72 bits per heavy atom. The van der Waals surface area contributed by atoms with Gasteiger partial charge in [0.15, 0.2) is 5.75 Å². The highest BCUT2D eigenvalue weighted by molar-refractivity contribution is 7.88. The minimum atomic E-state index is -3.29. The number of amides is 1. The molecular weight excluding hydrogens is 475 g/mol. The molecule has 0 N–H and O–H groups in total. The number of benzene rings is 2. The third kappa shape index (κ3) is 5.31. The maximum atomic E-state index is 13.1. The van der Waals surface area contributed by atoms with E-state index in [1.165, 1.54) is 4.31 Å².